The van der Waals surface area contributed by atoms with E-state index in [1.165, 1.54) is 5.56 Å². The normalized spacial score (nSPS) is 16.2. The number of hydrogen-bond donors (Lipinski definition) is 2. The van der Waals surface area contributed by atoms with Crippen LogP contribution in [0.1, 0.15) is 26.3 Å². The SMILES string of the molecule is CN=C(NCC(C)Oc1ccc(C)cc1)N1CCN(CC(=O)NC(C)C)CC1.I. The predicted octanol–water partition coefficient (Wildman–Crippen LogP) is 2.10. The molecule has 0 aromatic heterocycles. The Labute approximate surface area is 192 Å². The summed E-state index contributed by atoms with van der Waals surface area (Å²) in [6, 6.07) is 8.27. The van der Waals surface area contributed by atoms with Gasteiger partial charge in [-0.1, -0.05) is 17.7 Å². The van der Waals surface area contributed by atoms with Crippen molar-refractivity contribution in [2.45, 2.75) is 39.8 Å². The maximum atomic E-state index is 11.9. The van der Waals surface area contributed by atoms with Crippen LogP contribution in [0.2, 0.25) is 0 Å². The number of piperazine rings is 1. The standard InChI is InChI=1S/C21H35N5O2.HI/c1-16(2)24-20(27)15-25-10-12-26(13-11-25)21(22-5)23-14-18(4)28-19-8-6-17(3)7-9-19;/h6-9,16,18H,10-15H2,1-5H3,(H,22,23)(H,24,27);1H. The number of benzene rings is 1. The first-order valence-corrected chi connectivity index (χ1v) is 10.1. The van der Waals surface area contributed by atoms with Crippen LogP contribution in [0.5, 0.6) is 5.75 Å². The van der Waals surface area contributed by atoms with Gasteiger partial charge in [-0.2, -0.15) is 0 Å². The van der Waals surface area contributed by atoms with E-state index in [9.17, 15) is 4.79 Å². The smallest absolute Gasteiger partial charge is 0.234 e. The molecule has 8 heteroatoms. The Kier molecular flexibility index (Phi) is 11.3. The van der Waals surface area contributed by atoms with E-state index in [1.807, 2.05) is 32.9 Å². The van der Waals surface area contributed by atoms with Crippen LogP contribution in [0.3, 0.4) is 0 Å². The van der Waals surface area contributed by atoms with Crippen LogP contribution in [0, 0.1) is 6.92 Å². The molecule has 0 radical (unpaired) electrons. The highest BCUT2D eigenvalue weighted by Gasteiger charge is 2.21. The molecule has 1 saturated heterocycles. The van der Waals surface area contributed by atoms with Gasteiger partial charge in [-0.3, -0.25) is 14.7 Å². The number of aliphatic imine (C=N–C) groups is 1. The van der Waals surface area contributed by atoms with Crippen molar-refractivity contribution in [2.75, 3.05) is 46.3 Å². The van der Waals surface area contributed by atoms with Crippen molar-refractivity contribution in [1.29, 1.82) is 0 Å². The largest absolute Gasteiger partial charge is 0.489 e. The molecule has 0 saturated carbocycles. The molecule has 1 amide bonds. The Morgan fingerprint density at radius 2 is 1.76 bits per heavy atom. The maximum absolute atomic E-state index is 11.9. The van der Waals surface area contributed by atoms with Crippen LogP contribution in [0.15, 0.2) is 29.3 Å². The second-order valence-electron chi connectivity index (χ2n) is 7.66. The van der Waals surface area contributed by atoms with Crippen LogP contribution in [-0.4, -0.2) is 80.1 Å². The van der Waals surface area contributed by atoms with Gasteiger partial charge < -0.3 is 20.3 Å². The van der Waals surface area contributed by atoms with Gasteiger partial charge in [0.05, 0.1) is 13.1 Å². The molecule has 1 fully saturated rings. The number of nitrogens with one attached hydrogen (secondary N) is 2. The van der Waals surface area contributed by atoms with Crippen LogP contribution >= 0.6 is 24.0 Å². The highest BCUT2D eigenvalue weighted by molar-refractivity contribution is 14.0. The zero-order chi connectivity index (χ0) is 20.5. The summed E-state index contributed by atoms with van der Waals surface area (Å²) in [5.74, 6) is 1.85. The number of guanidine groups is 1. The fraction of sp³-hybridized carbons (Fsp3) is 0.619. The minimum Gasteiger partial charge on any atom is -0.489 e. The molecule has 164 valence electrons. The average Bonchev–Trinajstić information content (AvgIpc) is 2.64. The first-order valence-electron chi connectivity index (χ1n) is 10.1. The third-order valence-electron chi connectivity index (χ3n) is 4.61. The van der Waals surface area contributed by atoms with Gasteiger partial charge in [0.1, 0.15) is 11.9 Å². The molecule has 0 bridgehead atoms. The van der Waals surface area contributed by atoms with E-state index in [2.05, 4.69) is 44.5 Å². The lowest BCUT2D eigenvalue weighted by molar-refractivity contribution is -0.123. The molecule has 1 aliphatic heterocycles. The van der Waals surface area contributed by atoms with Crippen LogP contribution < -0.4 is 15.4 Å². The second kappa shape index (κ2) is 12.9. The number of amides is 1. The Morgan fingerprint density at radius 3 is 2.31 bits per heavy atom. The van der Waals surface area contributed by atoms with Gasteiger partial charge in [0.15, 0.2) is 5.96 Å². The zero-order valence-electron chi connectivity index (χ0n) is 18.3. The predicted molar refractivity (Wildman–Crippen MR) is 129 cm³/mol. The lowest BCUT2D eigenvalue weighted by Gasteiger charge is -2.36. The molecule has 1 unspecified atom stereocenters. The summed E-state index contributed by atoms with van der Waals surface area (Å²) in [5, 5.41) is 6.35. The first-order chi connectivity index (χ1) is 13.4. The quantitative estimate of drug-likeness (QED) is 0.330. The van der Waals surface area contributed by atoms with Crippen molar-refractivity contribution < 1.29 is 9.53 Å². The molecule has 1 aliphatic rings. The number of rotatable bonds is 7. The van der Waals surface area contributed by atoms with E-state index >= 15 is 0 Å². The molecule has 0 spiro atoms. The molecule has 0 aliphatic carbocycles. The van der Waals surface area contributed by atoms with Crippen molar-refractivity contribution in [2.24, 2.45) is 4.99 Å². The van der Waals surface area contributed by atoms with E-state index in [0.29, 0.717) is 13.1 Å². The van der Waals surface area contributed by atoms with Crippen molar-refractivity contribution in [3.05, 3.63) is 29.8 Å². The maximum Gasteiger partial charge on any atom is 0.234 e. The third-order valence-corrected chi connectivity index (χ3v) is 4.61. The summed E-state index contributed by atoms with van der Waals surface area (Å²) in [4.78, 5) is 20.7. The summed E-state index contributed by atoms with van der Waals surface area (Å²) < 4.78 is 5.96. The van der Waals surface area contributed by atoms with E-state index in [0.717, 1.165) is 37.9 Å². The van der Waals surface area contributed by atoms with E-state index in [4.69, 9.17) is 4.74 Å². The number of carbonyl (C=O) groups is 1. The Balaban J connectivity index is 0.00000420. The lowest BCUT2D eigenvalue weighted by atomic mass is 10.2. The van der Waals surface area contributed by atoms with Crippen LogP contribution in [0.4, 0.5) is 0 Å². The molecule has 2 rings (SSSR count). The minimum atomic E-state index is 0. The summed E-state index contributed by atoms with van der Waals surface area (Å²) in [6.45, 7) is 12.6. The minimum absolute atomic E-state index is 0. The lowest BCUT2D eigenvalue weighted by Crippen LogP contribution is -2.55. The van der Waals surface area contributed by atoms with Gasteiger partial charge in [-0.05, 0) is 39.8 Å². The van der Waals surface area contributed by atoms with Gasteiger partial charge in [0.2, 0.25) is 5.91 Å². The molecule has 1 atom stereocenters. The first kappa shape index (κ1) is 25.5. The molecular weight excluding hydrogens is 481 g/mol. The fourth-order valence-electron chi connectivity index (χ4n) is 3.15. The zero-order valence-corrected chi connectivity index (χ0v) is 20.6. The van der Waals surface area contributed by atoms with Gasteiger partial charge in [0, 0.05) is 39.3 Å². The fourth-order valence-corrected chi connectivity index (χ4v) is 3.15. The second-order valence-corrected chi connectivity index (χ2v) is 7.66. The highest BCUT2D eigenvalue weighted by Crippen LogP contribution is 2.13. The number of aryl methyl sites for hydroxylation is 1. The summed E-state index contributed by atoms with van der Waals surface area (Å²) in [6.07, 6.45) is 0.0282. The number of nitrogens with zero attached hydrogens (tertiary/aromatic N) is 3. The van der Waals surface area contributed by atoms with Crippen LogP contribution in [-0.2, 0) is 4.79 Å². The Morgan fingerprint density at radius 1 is 1.14 bits per heavy atom. The van der Waals surface area contributed by atoms with Crippen molar-refractivity contribution in [1.82, 2.24) is 20.4 Å². The Bertz CT molecular complexity index is 643. The monoisotopic (exact) mass is 517 g/mol. The van der Waals surface area contributed by atoms with Crippen molar-refractivity contribution in [3.63, 3.8) is 0 Å². The van der Waals surface area contributed by atoms with Gasteiger partial charge >= 0.3 is 0 Å². The van der Waals surface area contributed by atoms with Gasteiger partial charge in [0.25, 0.3) is 0 Å². The number of ether oxygens (including phenoxy) is 1. The summed E-state index contributed by atoms with van der Waals surface area (Å²) >= 11 is 0. The topological polar surface area (TPSA) is 69.2 Å². The van der Waals surface area contributed by atoms with E-state index in [-0.39, 0.29) is 42.0 Å². The van der Waals surface area contributed by atoms with Crippen molar-refractivity contribution >= 4 is 35.8 Å². The number of halogens is 1. The molecular formula is C21H36IN5O2. The van der Waals surface area contributed by atoms with Crippen molar-refractivity contribution in [3.8, 4) is 5.75 Å². The number of hydrogen-bond acceptors (Lipinski definition) is 4. The molecule has 1 heterocycles. The molecule has 7 nitrogen and oxygen atoms in total. The summed E-state index contributed by atoms with van der Waals surface area (Å²) in [5.41, 5.74) is 1.22. The average molecular weight is 517 g/mol. The molecule has 1 aromatic rings. The number of carbonyl (C=O) groups excluding carboxylic acids is 1. The molecule has 29 heavy (non-hydrogen) atoms. The van der Waals surface area contributed by atoms with E-state index < -0.39 is 0 Å². The highest BCUT2D eigenvalue weighted by atomic mass is 127. The van der Waals surface area contributed by atoms with Crippen LogP contribution in [0.25, 0.3) is 0 Å². The van der Waals surface area contributed by atoms with Gasteiger partial charge in [-0.15, -0.1) is 24.0 Å². The van der Waals surface area contributed by atoms with E-state index in [1.54, 1.807) is 7.05 Å². The third kappa shape index (κ3) is 9.20. The Hall–Kier alpha value is -1.55. The molecule has 1 aromatic carbocycles. The summed E-state index contributed by atoms with van der Waals surface area (Å²) in [7, 11) is 1.80. The molecule has 2 N–H and O–H groups in total. The van der Waals surface area contributed by atoms with Gasteiger partial charge in [-0.25, -0.2) is 0 Å².